The van der Waals surface area contributed by atoms with Crippen molar-refractivity contribution in [2.45, 2.75) is 12.5 Å². The van der Waals surface area contributed by atoms with E-state index in [1.807, 2.05) is 36.4 Å². The molecule has 2 N–H and O–H groups in total. The lowest BCUT2D eigenvalue weighted by atomic mass is 10.1. The number of nitrogens with one attached hydrogen (secondary N) is 2. The first-order chi connectivity index (χ1) is 15.1. The molecule has 31 heavy (non-hydrogen) atoms. The zero-order valence-corrected chi connectivity index (χ0v) is 17.8. The summed E-state index contributed by atoms with van der Waals surface area (Å²) < 4.78 is 16.0. The van der Waals surface area contributed by atoms with Gasteiger partial charge in [0.05, 0.1) is 27.0 Å². The number of aromatic amines is 1. The molecule has 1 aliphatic rings. The van der Waals surface area contributed by atoms with Gasteiger partial charge in [-0.3, -0.25) is 9.89 Å². The second kappa shape index (κ2) is 8.99. The Morgan fingerprint density at radius 3 is 2.42 bits per heavy atom. The van der Waals surface area contributed by atoms with Crippen molar-refractivity contribution in [2.24, 2.45) is 0 Å². The molecule has 0 bridgehead atoms. The van der Waals surface area contributed by atoms with Gasteiger partial charge in [-0.2, -0.15) is 5.10 Å². The Labute approximate surface area is 181 Å². The van der Waals surface area contributed by atoms with Crippen LogP contribution in [0.5, 0.6) is 17.2 Å². The van der Waals surface area contributed by atoms with Gasteiger partial charge in [-0.25, -0.2) is 0 Å². The first-order valence-corrected chi connectivity index (χ1v) is 10.1. The Bertz CT molecular complexity index is 1030. The predicted octanol–water partition coefficient (Wildman–Crippen LogP) is 3.11. The fraction of sp³-hybridized carbons (Fsp3) is 0.304. The molecule has 8 nitrogen and oxygen atoms in total. The number of anilines is 1. The van der Waals surface area contributed by atoms with Crippen molar-refractivity contribution < 1.29 is 19.0 Å². The minimum absolute atomic E-state index is 0.0171. The van der Waals surface area contributed by atoms with E-state index >= 15 is 0 Å². The molecule has 1 fully saturated rings. The standard InChI is InChI=1S/C23H26N4O4/c1-29-19-11-16(12-20(30-2)22(19)31-3)23(28)24-17-9-10-27(14-17)21-13-18(25-26-21)15-7-5-4-6-8-15/h4-8,11-13,17H,9-10,14H2,1-3H3,(H,24,28)(H,25,26). The summed E-state index contributed by atoms with van der Waals surface area (Å²) in [5, 5.41) is 10.7. The molecule has 162 valence electrons. The van der Waals surface area contributed by atoms with Gasteiger partial charge in [0.2, 0.25) is 5.75 Å². The van der Waals surface area contributed by atoms with E-state index in [-0.39, 0.29) is 11.9 Å². The smallest absolute Gasteiger partial charge is 0.251 e. The minimum Gasteiger partial charge on any atom is -0.493 e. The van der Waals surface area contributed by atoms with E-state index in [2.05, 4.69) is 20.4 Å². The summed E-state index contributed by atoms with van der Waals surface area (Å²) in [5.74, 6) is 2.05. The lowest BCUT2D eigenvalue weighted by molar-refractivity contribution is 0.0939. The van der Waals surface area contributed by atoms with E-state index in [1.54, 1.807) is 12.1 Å². The maximum Gasteiger partial charge on any atom is 0.251 e. The average molecular weight is 422 g/mol. The van der Waals surface area contributed by atoms with Crippen LogP contribution in [0.4, 0.5) is 5.82 Å². The summed E-state index contributed by atoms with van der Waals surface area (Å²) in [6.07, 6.45) is 0.837. The molecule has 1 amide bonds. The van der Waals surface area contributed by atoms with E-state index in [4.69, 9.17) is 14.2 Å². The summed E-state index contributed by atoms with van der Waals surface area (Å²) in [7, 11) is 4.59. The topological polar surface area (TPSA) is 88.7 Å². The van der Waals surface area contributed by atoms with Crippen LogP contribution >= 0.6 is 0 Å². The van der Waals surface area contributed by atoms with Crippen LogP contribution < -0.4 is 24.4 Å². The number of methoxy groups -OCH3 is 3. The molecule has 0 radical (unpaired) electrons. The predicted molar refractivity (Wildman–Crippen MR) is 118 cm³/mol. The summed E-state index contributed by atoms with van der Waals surface area (Å²) in [5.41, 5.74) is 2.52. The first kappa shape index (κ1) is 20.6. The van der Waals surface area contributed by atoms with Gasteiger partial charge < -0.3 is 24.4 Å². The Hall–Kier alpha value is -3.68. The molecule has 1 unspecified atom stereocenters. The number of carbonyl (C=O) groups is 1. The van der Waals surface area contributed by atoms with Gasteiger partial charge in [-0.15, -0.1) is 0 Å². The molecule has 3 aromatic rings. The number of benzene rings is 2. The highest BCUT2D eigenvalue weighted by molar-refractivity contribution is 5.96. The molecule has 0 spiro atoms. The number of hydrogen-bond donors (Lipinski definition) is 2. The molecular formula is C23H26N4O4. The number of carbonyl (C=O) groups excluding carboxylic acids is 1. The number of ether oxygens (including phenoxy) is 3. The number of amides is 1. The quantitative estimate of drug-likeness (QED) is 0.608. The van der Waals surface area contributed by atoms with Gasteiger partial charge in [0.25, 0.3) is 5.91 Å². The third kappa shape index (κ3) is 4.28. The summed E-state index contributed by atoms with van der Waals surface area (Å²) in [4.78, 5) is 15.0. The number of hydrogen-bond acceptors (Lipinski definition) is 6. The van der Waals surface area contributed by atoms with Crippen LogP contribution in [-0.4, -0.2) is 56.6 Å². The van der Waals surface area contributed by atoms with Crippen molar-refractivity contribution in [3.8, 4) is 28.5 Å². The largest absolute Gasteiger partial charge is 0.493 e. The van der Waals surface area contributed by atoms with Crippen molar-refractivity contribution in [1.82, 2.24) is 15.5 Å². The van der Waals surface area contributed by atoms with Crippen LogP contribution in [-0.2, 0) is 0 Å². The molecular weight excluding hydrogens is 396 g/mol. The van der Waals surface area contributed by atoms with Crippen LogP contribution in [0.3, 0.4) is 0 Å². The van der Waals surface area contributed by atoms with E-state index in [0.29, 0.717) is 29.4 Å². The molecule has 1 aliphatic heterocycles. The van der Waals surface area contributed by atoms with Crippen LogP contribution in [0.2, 0.25) is 0 Å². The maximum atomic E-state index is 12.9. The van der Waals surface area contributed by atoms with Gasteiger partial charge >= 0.3 is 0 Å². The molecule has 0 aliphatic carbocycles. The van der Waals surface area contributed by atoms with Crippen molar-refractivity contribution in [2.75, 3.05) is 39.3 Å². The number of H-pyrrole nitrogens is 1. The zero-order chi connectivity index (χ0) is 21.8. The number of rotatable bonds is 7. The third-order valence-corrected chi connectivity index (χ3v) is 5.42. The summed E-state index contributed by atoms with van der Waals surface area (Å²) in [6.45, 7) is 1.51. The molecule has 2 aromatic carbocycles. The van der Waals surface area contributed by atoms with Gasteiger partial charge in [0, 0.05) is 30.8 Å². The average Bonchev–Trinajstić information content (AvgIpc) is 3.48. The summed E-state index contributed by atoms with van der Waals surface area (Å²) >= 11 is 0. The van der Waals surface area contributed by atoms with Gasteiger partial charge in [0.1, 0.15) is 0 Å². The third-order valence-electron chi connectivity index (χ3n) is 5.42. The fourth-order valence-corrected chi connectivity index (χ4v) is 3.81. The molecule has 2 heterocycles. The van der Waals surface area contributed by atoms with Crippen molar-refractivity contribution in [3.05, 3.63) is 54.1 Å². The number of aromatic nitrogens is 2. The minimum atomic E-state index is -0.182. The van der Waals surface area contributed by atoms with E-state index in [9.17, 15) is 4.79 Å². The normalized spacial score (nSPS) is 15.6. The van der Waals surface area contributed by atoms with Crippen molar-refractivity contribution >= 4 is 11.7 Å². The molecule has 1 aromatic heterocycles. The monoisotopic (exact) mass is 422 g/mol. The molecule has 4 rings (SSSR count). The highest BCUT2D eigenvalue weighted by Crippen LogP contribution is 2.38. The SMILES string of the molecule is COc1cc(C(=O)NC2CCN(c3cc(-c4ccccc4)[nH]n3)C2)cc(OC)c1OC. The molecule has 1 saturated heterocycles. The Balaban J connectivity index is 1.43. The van der Waals surface area contributed by atoms with Gasteiger partial charge in [-0.05, 0) is 24.1 Å². The summed E-state index contributed by atoms with van der Waals surface area (Å²) in [6, 6.07) is 15.4. The van der Waals surface area contributed by atoms with Crippen molar-refractivity contribution in [3.63, 3.8) is 0 Å². The van der Waals surface area contributed by atoms with Crippen LogP contribution in [0.1, 0.15) is 16.8 Å². The fourth-order valence-electron chi connectivity index (χ4n) is 3.81. The highest BCUT2D eigenvalue weighted by atomic mass is 16.5. The maximum absolute atomic E-state index is 12.9. The second-order valence-electron chi connectivity index (χ2n) is 7.32. The molecule has 0 saturated carbocycles. The number of nitrogens with zero attached hydrogens (tertiary/aromatic N) is 2. The van der Waals surface area contributed by atoms with Crippen LogP contribution in [0.15, 0.2) is 48.5 Å². The molecule has 1 atom stereocenters. The second-order valence-corrected chi connectivity index (χ2v) is 7.32. The first-order valence-electron chi connectivity index (χ1n) is 10.1. The van der Waals surface area contributed by atoms with Crippen LogP contribution in [0.25, 0.3) is 11.3 Å². The van der Waals surface area contributed by atoms with E-state index in [0.717, 1.165) is 30.0 Å². The van der Waals surface area contributed by atoms with Crippen LogP contribution in [0, 0.1) is 0 Å². The zero-order valence-electron chi connectivity index (χ0n) is 17.8. The Kier molecular flexibility index (Phi) is 5.97. The van der Waals surface area contributed by atoms with E-state index < -0.39 is 0 Å². The highest BCUT2D eigenvalue weighted by Gasteiger charge is 2.27. The Morgan fingerprint density at radius 2 is 1.77 bits per heavy atom. The van der Waals surface area contributed by atoms with Gasteiger partial charge in [0.15, 0.2) is 17.3 Å². The lowest BCUT2D eigenvalue weighted by Gasteiger charge is -2.17. The van der Waals surface area contributed by atoms with Crippen molar-refractivity contribution in [1.29, 1.82) is 0 Å². The lowest BCUT2D eigenvalue weighted by Crippen LogP contribution is -2.37. The Morgan fingerprint density at radius 1 is 1.06 bits per heavy atom. The van der Waals surface area contributed by atoms with Gasteiger partial charge in [-0.1, -0.05) is 30.3 Å². The van der Waals surface area contributed by atoms with E-state index in [1.165, 1.54) is 21.3 Å². The molecule has 8 heteroatoms.